The van der Waals surface area contributed by atoms with Crippen LogP contribution in [0.5, 0.6) is 0 Å². The zero-order chi connectivity index (χ0) is 39.5. The van der Waals surface area contributed by atoms with Crippen LogP contribution in [0.25, 0.3) is 88.4 Å². The number of hydrogen-bond donors (Lipinski definition) is 0. The highest BCUT2D eigenvalue weighted by atomic mass is 15.0. The molecule has 0 saturated carbocycles. The van der Waals surface area contributed by atoms with Gasteiger partial charge in [-0.2, -0.15) is 0 Å². The summed E-state index contributed by atoms with van der Waals surface area (Å²) in [4.78, 5) is 0. The Bertz CT molecular complexity index is 3330. The molecule has 2 heteroatoms. The van der Waals surface area contributed by atoms with E-state index >= 15 is 0 Å². The van der Waals surface area contributed by atoms with E-state index < -0.39 is 0 Å². The van der Waals surface area contributed by atoms with Gasteiger partial charge in [0.2, 0.25) is 0 Å². The predicted molar refractivity (Wildman–Crippen MR) is 250 cm³/mol. The van der Waals surface area contributed by atoms with Crippen LogP contribution in [-0.4, -0.2) is 9.13 Å². The maximum Gasteiger partial charge on any atom is 0.0541 e. The second kappa shape index (κ2) is 14.2. The van der Waals surface area contributed by atoms with Gasteiger partial charge in [-0.05, 0) is 130 Å². The summed E-state index contributed by atoms with van der Waals surface area (Å²) in [7, 11) is 0. The highest BCUT2D eigenvalue weighted by Gasteiger charge is 2.20. The van der Waals surface area contributed by atoms with Gasteiger partial charge in [-0.15, -0.1) is 0 Å². The second-order valence-corrected chi connectivity index (χ2v) is 15.8. The summed E-state index contributed by atoms with van der Waals surface area (Å²) in [6, 6.07) is 77.9. The standard InChI is InChI=1S/C57H42N2/c1-38-26-27-41(43-29-32-56-52(36-43)48-22-12-14-24-54(48)58(56)45-18-8-4-9-19-45)34-50(38)51-35-42(28-31-47(51)39(2)40-16-6-3-7-17-40)44-30-33-57-53(37-44)49-23-13-15-25-55(49)59(57)46-20-10-5-11-21-46/h3-37,39H,1-2H3. The number of para-hydroxylation sites is 4. The summed E-state index contributed by atoms with van der Waals surface area (Å²) >= 11 is 0. The molecule has 0 bridgehead atoms. The van der Waals surface area contributed by atoms with Gasteiger partial charge in [0, 0.05) is 38.8 Å². The van der Waals surface area contributed by atoms with Crippen molar-refractivity contribution in [1.82, 2.24) is 9.13 Å². The lowest BCUT2D eigenvalue weighted by Gasteiger charge is -2.21. The van der Waals surface area contributed by atoms with E-state index in [1.165, 1.54) is 105 Å². The summed E-state index contributed by atoms with van der Waals surface area (Å²) in [6.07, 6.45) is 0. The van der Waals surface area contributed by atoms with Crippen LogP contribution < -0.4 is 0 Å². The molecule has 11 aromatic rings. The van der Waals surface area contributed by atoms with Crippen molar-refractivity contribution in [2.45, 2.75) is 19.8 Å². The lowest BCUT2D eigenvalue weighted by molar-refractivity contribution is 0.925. The lowest BCUT2D eigenvalue weighted by Crippen LogP contribution is -2.00. The zero-order valence-corrected chi connectivity index (χ0v) is 33.2. The van der Waals surface area contributed by atoms with Crippen molar-refractivity contribution in [3.05, 3.63) is 229 Å². The zero-order valence-electron chi connectivity index (χ0n) is 33.2. The number of fused-ring (bicyclic) bond motifs is 6. The molecule has 9 aromatic carbocycles. The Kier molecular flexibility index (Phi) is 8.37. The van der Waals surface area contributed by atoms with Crippen molar-refractivity contribution >= 4 is 43.6 Å². The summed E-state index contributed by atoms with van der Waals surface area (Å²) in [5.41, 5.74) is 18.5. The molecule has 0 N–H and O–H groups in total. The molecular weight excluding hydrogens is 713 g/mol. The number of nitrogens with zero attached hydrogens (tertiary/aromatic N) is 2. The van der Waals surface area contributed by atoms with Crippen LogP contribution in [0, 0.1) is 6.92 Å². The van der Waals surface area contributed by atoms with Crippen molar-refractivity contribution in [2.24, 2.45) is 0 Å². The molecule has 0 saturated heterocycles. The lowest BCUT2D eigenvalue weighted by atomic mass is 9.83. The number of hydrogen-bond acceptors (Lipinski definition) is 0. The molecule has 280 valence electrons. The molecule has 1 unspecified atom stereocenters. The van der Waals surface area contributed by atoms with Gasteiger partial charge in [-0.25, -0.2) is 0 Å². The Balaban J connectivity index is 1.08. The minimum absolute atomic E-state index is 0.204. The molecule has 2 heterocycles. The molecule has 2 aromatic heterocycles. The molecule has 0 aliphatic rings. The molecule has 0 radical (unpaired) electrons. The maximum atomic E-state index is 2.44. The summed E-state index contributed by atoms with van der Waals surface area (Å²) < 4.78 is 4.77. The molecule has 0 aliphatic carbocycles. The van der Waals surface area contributed by atoms with Gasteiger partial charge in [0.15, 0.2) is 0 Å². The van der Waals surface area contributed by atoms with Gasteiger partial charge in [-0.3, -0.25) is 0 Å². The van der Waals surface area contributed by atoms with Gasteiger partial charge >= 0.3 is 0 Å². The minimum Gasteiger partial charge on any atom is -0.309 e. The van der Waals surface area contributed by atoms with Crippen LogP contribution in [0.3, 0.4) is 0 Å². The van der Waals surface area contributed by atoms with Gasteiger partial charge in [0.05, 0.1) is 22.1 Å². The quantitative estimate of drug-likeness (QED) is 0.153. The molecule has 0 amide bonds. The smallest absolute Gasteiger partial charge is 0.0541 e. The third-order valence-corrected chi connectivity index (χ3v) is 12.4. The van der Waals surface area contributed by atoms with Gasteiger partial charge in [-0.1, -0.05) is 146 Å². The maximum absolute atomic E-state index is 2.44. The summed E-state index contributed by atoms with van der Waals surface area (Å²) in [6.45, 7) is 4.60. The number of aryl methyl sites for hydroxylation is 1. The third kappa shape index (κ3) is 5.87. The van der Waals surface area contributed by atoms with Gasteiger partial charge in [0.1, 0.15) is 0 Å². The van der Waals surface area contributed by atoms with Crippen molar-refractivity contribution in [3.63, 3.8) is 0 Å². The topological polar surface area (TPSA) is 9.86 Å². The first-order valence-electron chi connectivity index (χ1n) is 20.6. The Labute approximate surface area is 344 Å². The molecule has 0 spiro atoms. The van der Waals surface area contributed by atoms with E-state index in [9.17, 15) is 0 Å². The van der Waals surface area contributed by atoms with E-state index in [2.05, 4.69) is 235 Å². The summed E-state index contributed by atoms with van der Waals surface area (Å²) in [5.74, 6) is 0.204. The summed E-state index contributed by atoms with van der Waals surface area (Å²) in [5, 5.41) is 5.03. The van der Waals surface area contributed by atoms with Crippen molar-refractivity contribution < 1.29 is 0 Å². The third-order valence-electron chi connectivity index (χ3n) is 12.4. The Morgan fingerprint density at radius 3 is 1.29 bits per heavy atom. The molecule has 0 fully saturated rings. The first kappa shape index (κ1) is 34.8. The largest absolute Gasteiger partial charge is 0.309 e. The van der Waals surface area contributed by atoms with Crippen LogP contribution in [0.15, 0.2) is 212 Å². The normalized spacial score (nSPS) is 12.2. The Hall–Kier alpha value is -7.42. The molecule has 2 nitrogen and oxygen atoms in total. The van der Waals surface area contributed by atoms with E-state index in [1.807, 2.05) is 0 Å². The number of benzene rings is 9. The Morgan fingerprint density at radius 2 is 0.746 bits per heavy atom. The average molecular weight is 755 g/mol. The van der Waals surface area contributed by atoms with Crippen LogP contribution in [0.1, 0.15) is 29.5 Å². The average Bonchev–Trinajstić information content (AvgIpc) is 3.82. The van der Waals surface area contributed by atoms with Gasteiger partial charge in [0.25, 0.3) is 0 Å². The van der Waals surface area contributed by atoms with Crippen molar-refractivity contribution in [1.29, 1.82) is 0 Å². The highest BCUT2D eigenvalue weighted by Crippen LogP contribution is 2.42. The SMILES string of the molecule is Cc1ccc(-c2ccc3c(c2)c2ccccc2n3-c2ccccc2)cc1-c1cc(-c2ccc3c(c2)c2ccccc2n3-c2ccccc2)ccc1C(C)c1ccccc1. The predicted octanol–water partition coefficient (Wildman–Crippen LogP) is 15.3. The fraction of sp³-hybridized carbons (Fsp3) is 0.0526. The molecule has 0 aliphatic heterocycles. The fourth-order valence-corrected chi connectivity index (χ4v) is 9.38. The second-order valence-electron chi connectivity index (χ2n) is 15.8. The number of rotatable bonds is 7. The van der Waals surface area contributed by atoms with Crippen molar-refractivity contribution in [3.8, 4) is 44.8 Å². The van der Waals surface area contributed by atoms with Crippen LogP contribution >= 0.6 is 0 Å². The highest BCUT2D eigenvalue weighted by molar-refractivity contribution is 6.11. The molecule has 11 rings (SSSR count). The van der Waals surface area contributed by atoms with Gasteiger partial charge < -0.3 is 9.13 Å². The number of aromatic nitrogens is 2. The minimum atomic E-state index is 0.204. The van der Waals surface area contributed by atoms with E-state index in [0.717, 1.165) is 0 Å². The first-order chi connectivity index (χ1) is 29.1. The van der Waals surface area contributed by atoms with E-state index in [1.54, 1.807) is 0 Å². The first-order valence-corrected chi connectivity index (χ1v) is 20.6. The molecule has 59 heavy (non-hydrogen) atoms. The van der Waals surface area contributed by atoms with E-state index in [0.29, 0.717) is 0 Å². The van der Waals surface area contributed by atoms with Crippen molar-refractivity contribution in [2.75, 3.05) is 0 Å². The van der Waals surface area contributed by atoms with E-state index in [4.69, 9.17) is 0 Å². The van der Waals surface area contributed by atoms with Crippen LogP contribution in [-0.2, 0) is 0 Å². The fourth-order valence-electron chi connectivity index (χ4n) is 9.38. The molecule has 1 atom stereocenters. The van der Waals surface area contributed by atoms with Crippen LogP contribution in [0.2, 0.25) is 0 Å². The van der Waals surface area contributed by atoms with E-state index in [-0.39, 0.29) is 5.92 Å². The Morgan fingerprint density at radius 1 is 0.339 bits per heavy atom. The van der Waals surface area contributed by atoms with Crippen LogP contribution in [0.4, 0.5) is 0 Å². The monoisotopic (exact) mass is 754 g/mol. The molecular formula is C57H42N2.